The highest BCUT2D eigenvalue weighted by molar-refractivity contribution is 5.79. The Bertz CT molecular complexity index is 1220. The van der Waals surface area contributed by atoms with Crippen LogP contribution in [0.4, 0.5) is 17.6 Å². The molecule has 0 aliphatic heterocycles. The van der Waals surface area contributed by atoms with Gasteiger partial charge < -0.3 is 15.5 Å². The monoisotopic (exact) mass is 470 g/mol. The lowest BCUT2D eigenvalue weighted by atomic mass is 9.90. The molecule has 2 aromatic heterocycles. The number of nitrogens with one attached hydrogen (secondary N) is 3. The fraction of sp³-hybridized carbons (Fsp3) is 0.423. The van der Waals surface area contributed by atoms with Crippen molar-refractivity contribution in [2.24, 2.45) is 0 Å². The highest BCUT2D eigenvalue weighted by Gasteiger charge is 2.27. The Morgan fingerprint density at radius 1 is 1.14 bits per heavy atom. The van der Waals surface area contributed by atoms with Crippen LogP contribution in [0.15, 0.2) is 42.6 Å². The van der Waals surface area contributed by atoms with E-state index in [1.165, 1.54) is 18.5 Å². The number of anilines is 3. The van der Waals surface area contributed by atoms with Gasteiger partial charge in [-0.2, -0.15) is 15.3 Å². The SMILES string of the molecule is CN(c1nccc(Nc2cc(C3CC3)[nH]n2)n1)C1CCC(NC(=O)Cc2cccc(C#N)c2)CC1. The minimum absolute atomic E-state index is 0.00205. The lowest BCUT2D eigenvalue weighted by Crippen LogP contribution is -2.43. The Hall–Kier alpha value is -3.93. The van der Waals surface area contributed by atoms with Crippen molar-refractivity contribution in [3.05, 3.63) is 59.4 Å². The second-order valence-corrected chi connectivity index (χ2v) is 9.52. The summed E-state index contributed by atoms with van der Waals surface area (Å²) in [5.41, 5.74) is 2.62. The summed E-state index contributed by atoms with van der Waals surface area (Å²) in [7, 11) is 2.03. The highest BCUT2D eigenvalue weighted by atomic mass is 16.1. The van der Waals surface area contributed by atoms with Crippen LogP contribution in [-0.2, 0) is 11.2 Å². The van der Waals surface area contributed by atoms with Crippen LogP contribution < -0.4 is 15.5 Å². The molecule has 2 aliphatic rings. The Kier molecular flexibility index (Phi) is 6.62. The molecule has 2 heterocycles. The minimum atomic E-state index is 0.00205. The van der Waals surface area contributed by atoms with Crippen LogP contribution in [-0.4, -0.2) is 45.2 Å². The molecule has 1 aromatic carbocycles. The van der Waals surface area contributed by atoms with Crippen molar-refractivity contribution < 1.29 is 4.79 Å². The second-order valence-electron chi connectivity index (χ2n) is 9.52. The maximum Gasteiger partial charge on any atom is 0.227 e. The summed E-state index contributed by atoms with van der Waals surface area (Å²) in [6.07, 6.45) is 8.25. The summed E-state index contributed by atoms with van der Waals surface area (Å²) < 4.78 is 0. The van der Waals surface area contributed by atoms with E-state index < -0.39 is 0 Å². The number of hydrogen-bond donors (Lipinski definition) is 3. The fourth-order valence-corrected chi connectivity index (χ4v) is 4.71. The van der Waals surface area contributed by atoms with Crippen molar-refractivity contribution in [1.82, 2.24) is 25.5 Å². The van der Waals surface area contributed by atoms with E-state index in [9.17, 15) is 4.79 Å². The Morgan fingerprint density at radius 3 is 2.74 bits per heavy atom. The van der Waals surface area contributed by atoms with Crippen LogP contribution in [0.25, 0.3) is 0 Å². The molecular weight excluding hydrogens is 440 g/mol. The molecule has 0 atom stereocenters. The summed E-state index contributed by atoms with van der Waals surface area (Å²) in [5, 5.41) is 22.9. The largest absolute Gasteiger partial charge is 0.353 e. The Balaban J connectivity index is 1.12. The van der Waals surface area contributed by atoms with Gasteiger partial charge in [0, 0.05) is 43.0 Å². The molecule has 2 fully saturated rings. The number of benzene rings is 1. The van der Waals surface area contributed by atoms with Crippen molar-refractivity contribution in [2.75, 3.05) is 17.3 Å². The van der Waals surface area contributed by atoms with Gasteiger partial charge in [0.05, 0.1) is 18.1 Å². The molecule has 0 spiro atoms. The smallest absolute Gasteiger partial charge is 0.227 e. The van der Waals surface area contributed by atoms with Gasteiger partial charge in [0.2, 0.25) is 11.9 Å². The van der Waals surface area contributed by atoms with Crippen LogP contribution in [0.1, 0.15) is 61.3 Å². The predicted octanol–water partition coefficient (Wildman–Crippen LogP) is 3.80. The van der Waals surface area contributed by atoms with Gasteiger partial charge in [-0.05, 0) is 62.3 Å². The van der Waals surface area contributed by atoms with Gasteiger partial charge in [-0.15, -0.1) is 0 Å². The summed E-state index contributed by atoms with van der Waals surface area (Å²) in [4.78, 5) is 23.8. The maximum atomic E-state index is 12.5. The number of hydrogen-bond acceptors (Lipinski definition) is 7. The zero-order chi connectivity index (χ0) is 24.2. The number of rotatable bonds is 8. The molecule has 1 amide bonds. The standard InChI is InChI=1S/C26H30N8O/c1-34(26-28-12-11-23(31-26)30-24-15-22(32-33-24)19-5-6-19)21-9-7-20(8-10-21)29-25(35)14-17-3-2-4-18(13-17)16-27/h2-4,11-13,15,19-21H,5-10,14H2,1H3,(H,29,35)(H2,28,30,31,32,33). The first-order chi connectivity index (χ1) is 17.1. The number of nitrogens with zero attached hydrogens (tertiary/aromatic N) is 5. The molecule has 0 unspecified atom stereocenters. The second kappa shape index (κ2) is 10.1. The molecule has 2 saturated carbocycles. The third kappa shape index (κ3) is 5.77. The molecule has 0 saturated heterocycles. The predicted molar refractivity (Wildman–Crippen MR) is 133 cm³/mol. The molecule has 5 rings (SSSR count). The molecule has 9 nitrogen and oxygen atoms in total. The van der Waals surface area contributed by atoms with Gasteiger partial charge in [-0.25, -0.2) is 4.98 Å². The lowest BCUT2D eigenvalue weighted by molar-refractivity contribution is -0.121. The van der Waals surface area contributed by atoms with E-state index in [4.69, 9.17) is 10.2 Å². The van der Waals surface area contributed by atoms with E-state index in [1.807, 2.05) is 25.2 Å². The van der Waals surface area contributed by atoms with E-state index in [0.29, 0.717) is 29.9 Å². The molecule has 0 radical (unpaired) electrons. The van der Waals surface area contributed by atoms with Gasteiger partial charge in [-0.1, -0.05) is 12.1 Å². The Morgan fingerprint density at radius 2 is 1.97 bits per heavy atom. The number of aromatic nitrogens is 4. The summed E-state index contributed by atoms with van der Waals surface area (Å²) in [6, 6.07) is 13.7. The van der Waals surface area contributed by atoms with Crippen LogP contribution in [0, 0.1) is 11.3 Å². The first kappa shape index (κ1) is 22.8. The zero-order valence-corrected chi connectivity index (χ0v) is 19.9. The zero-order valence-electron chi connectivity index (χ0n) is 19.9. The quantitative estimate of drug-likeness (QED) is 0.458. The summed E-state index contributed by atoms with van der Waals surface area (Å²) in [5.74, 6) is 2.80. The van der Waals surface area contributed by atoms with E-state index in [1.54, 1.807) is 18.3 Å². The average molecular weight is 471 g/mol. The first-order valence-electron chi connectivity index (χ1n) is 12.2. The first-order valence-corrected chi connectivity index (χ1v) is 12.2. The summed E-state index contributed by atoms with van der Waals surface area (Å²) in [6.45, 7) is 0. The molecule has 3 aromatic rings. The fourth-order valence-electron chi connectivity index (χ4n) is 4.71. The average Bonchev–Trinajstić information content (AvgIpc) is 3.63. The number of nitriles is 1. The molecular formula is C26H30N8O. The van der Waals surface area contributed by atoms with Crippen molar-refractivity contribution in [2.45, 2.75) is 62.9 Å². The minimum Gasteiger partial charge on any atom is -0.353 e. The van der Waals surface area contributed by atoms with Crippen molar-refractivity contribution in [3.63, 3.8) is 0 Å². The van der Waals surface area contributed by atoms with E-state index >= 15 is 0 Å². The highest BCUT2D eigenvalue weighted by Crippen LogP contribution is 2.39. The molecule has 3 N–H and O–H groups in total. The lowest BCUT2D eigenvalue weighted by Gasteiger charge is -2.35. The molecule has 180 valence electrons. The number of carbonyl (C=O) groups is 1. The van der Waals surface area contributed by atoms with Crippen LogP contribution >= 0.6 is 0 Å². The van der Waals surface area contributed by atoms with E-state index in [-0.39, 0.29) is 11.9 Å². The molecule has 35 heavy (non-hydrogen) atoms. The molecule has 2 aliphatic carbocycles. The Labute approximate surface area is 205 Å². The van der Waals surface area contributed by atoms with Gasteiger partial charge >= 0.3 is 0 Å². The third-order valence-electron chi connectivity index (χ3n) is 6.86. The van der Waals surface area contributed by atoms with Crippen LogP contribution in [0.3, 0.4) is 0 Å². The molecule has 0 bridgehead atoms. The van der Waals surface area contributed by atoms with Crippen molar-refractivity contribution in [3.8, 4) is 6.07 Å². The van der Waals surface area contributed by atoms with Gasteiger partial charge in [0.25, 0.3) is 0 Å². The van der Waals surface area contributed by atoms with Crippen molar-refractivity contribution >= 4 is 23.5 Å². The number of H-pyrrole nitrogens is 1. The van der Waals surface area contributed by atoms with Gasteiger partial charge in [-0.3, -0.25) is 9.89 Å². The van der Waals surface area contributed by atoms with Gasteiger partial charge in [0.1, 0.15) is 5.82 Å². The normalized spacial score (nSPS) is 19.5. The van der Waals surface area contributed by atoms with Crippen molar-refractivity contribution in [1.29, 1.82) is 5.26 Å². The summed E-state index contributed by atoms with van der Waals surface area (Å²) >= 11 is 0. The van der Waals surface area contributed by atoms with E-state index in [0.717, 1.165) is 42.9 Å². The third-order valence-corrected chi connectivity index (χ3v) is 6.86. The number of aromatic amines is 1. The van der Waals surface area contributed by atoms with Gasteiger partial charge in [0.15, 0.2) is 5.82 Å². The van der Waals surface area contributed by atoms with E-state index in [2.05, 4.69) is 42.9 Å². The van der Waals surface area contributed by atoms with Crippen LogP contribution in [0.5, 0.6) is 0 Å². The topological polar surface area (TPSA) is 123 Å². The van der Waals surface area contributed by atoms with Crippen LogP contribution in [0.2, 0.25) is 0 Å². The number of amides is 1. The number of carbonyl (C=O) groups excluding carboxylic acids is 1. The maximum absolute atomic E-state index is 12.5. The molecule has 9 heteroatoms.